The number of nitro benzene ring substituents is 1. The van der Waals surface area contributed by atoms with Gasteiger partial charge in [-0.25, -0.2) is 0 Å². The number of likely N-dealkylation sites (N-methyl/N-ethyl adjacent to an activating group) is 1. The van der Waals surface area contributed by atoms with E-state index < -0.39 is 4.92 Å². The summed E-state index contributed by atoms with van der Waals surface area (Å²) in [5.41, 5.74) is -0.0835. The number of para-hydroxylation sites is 1. The minimum Gasteiger partial charge on any atom is -0.487 e. The molecule has 0 spiro atoms. The molecular weight excluding hydrogens is 272 g/mol. The Morgan fingerprint density at radius 1 is 1.33 bits per heavy atom. The predicted molar refractivity (Wildman–Crippen MR) is 80.0 cm³/mol. The Balaban J connectivity index is 2.26. The van der Waals surface area contributed by atoms with Crippen LogP contribution in [0, 0.1) is 10.1 Å². The first-order valence-electron chi connectivity index (χ1n) is 7.41. The van der Waals surface area contributed by atoms with E-state index in [1.807, 2.05) is 7.05 Å². The van der Waals surface area contributed by atoms with Crippen LogP contribution in [0.3, 0.4) is 0 Å². The van der Waals surface area contributed by atoms with Crippen molar-refractivity contribution >= 4 is 5.69 Å². The highest BCUT2D eigenvalue weighted by molar-refractivity contribution is 5.57. The van der Waals surface area contributed by atoms with Crippen molar-refractivity contribution in [1.29, 1.82) is 0 Å². The van der Waals surface area contributed by atoms with Gasteiger partial charge in [0.1, 0.15) is 6.10 Å². The molecule has 0 bridgehead atoms. The van der Waals surface area contributed by atoms with Crippen LogP contribution in [-0.2, 0) is 0 Å². The third-order valence-electron chi connectivity index (χ3n) is 3.80. The molecule has 116 valence electrons. The Hall–Kier alpha value is -1.82. The van der Waals surface area contributed by atoms with E-state index in [1.165, 1.54) is 0 Å². The van der Waals surface area contributed by atoms with Crippen LogP contribution in [-0.4, -0.2) is 30.7 Å². The first-order chi connectivity index (χ1) is 10.2. The van der Waals surface area contributed by atoms with Gasteiger partial charge in [0.25, 0.3) is 0 Å². The van der Waals surface area contributed by atoms with Gasteiger partial charge in [0, 0.05) is 6.04 Å². The van der Waals surface area contributed by atoms with Crippen LogP contribution in [0.15, 0.2) is 18.2 Å². The molecule has 6 heteroatoms. The van der Waals surface area contributed by atoms with Crippen molar-refractivity contribution < 1.29 is 14.4 Å². The fraction of sp³-hybridized carbons (Fsp3) is 0.600. The Bertz CT molecular complexity index is 493. The SMILES string of the molecule is CCOc1cccc(OC2CCCCC2NC)c1[N+](=O)[O-]. The van der Waals surface area contributed by atoms with Crippen molar-refractivity contribution in [1.82, 2.24) is 5.32 Å². The molecule has 0 aliphatic heterocycles. The molecule has 2 atom stereocenters. The van der Waals surface area contributed by atoms with E-state index in [1.54, 1.807) is 25.1 Å². The van der Waals surface area contributed by atoms with Crippen molar-refractivity contribution in [2.24, 2.45) is 0 Å². The molecule has 1 aliphatic carbocycles. The van der Waals surface area contributed by atoms with Crippen LogP contribution >= 0.6 is 0 Å². The number of nitro groups is 1. The van der Waals surface area contributed by atoms with Crippen LogP contribution in [0.4, 0.5) is 5.69 Å². The first-order valence-corrected chi connectivity index (χ1v) is 7.41. The number of hydrogen-bond donors (Lipinski definition) is 1. The molecule has 1 aromatic carbocycles. The molecule has 1 aromatic rings. The van der Waals surface area contributed by atoms with Crippen molar-refractivity contribution in [3.63, 3.8) is 0 Å². The molecular formula is C15H22N2O4. The molecule has 21 heavy (non-hydrogen) atoms. The highest BCUT2D eigenvalue weighted by Gasteiger charge is 2.29. The number of ether oxygens (including phenoxy) is 2. The van der Waals surface area contributed by atoms with Gasteiger partial charge in [-0.05, 0) is 45.4 Å². The lowest BCUT2D eigenvalue weighted by atomic mass is 9.92. The first kappa shape index (κ1) is 15.6. The van der Waals surface area contributed by atoms with Gasteiger partial charge in [0.05, 0.1) is 11.5 Å². The second-order valence-electron chi connectivity index (χ2n) is 5.13. The van der Waals surface area contributed by atoms with Crippen LogP contribution < -0.4 is 14.8 Å². The monoisotopic (exact) mass is 294 g/mol. The van der Waals surface area contributed by atoms with Crippen LogP contribution in [0.25, 0.3) is 0 Å². The molecule has 0 aromatic heterocycles. The molecule has 1 aliphatic rings. The van der Waals surface area contributed by atoms with E-state index >= 15 is 0 Å². The summed E-state index contributed by atoms with van der Waals surface area (Å²) in [7, 11) is 1.90. The van der Waals surface area contributed by atoms with E-state index in [0.29, 0.717) is 6.61 Å². The van der Waals surface area contributed by atoms with Crippen molar-refractivity contribution in [2.75, 3.05) is 13.7 Å². The summed E-state index contributed by atoms with van der Waals surface area (Å²) < 4.78 is 11.3. The van der Waals surface area contributed by atoms with Gasteiger partial charge < -0.3 is 14.8 Å². The Kier molecular flexibility index (Phi) is 5.38. The Labute approximate surface area is 124 Å². The molecule has 0 saturated heterocycles. The Morgan fingerprint density at radius 3 is 2.71 bits per heavy atom. The standard InChI is InChI=1S/C15H22N2O4/c1-3-20-13-9-6-10-14(15(13)17(18)19)21-12-8-5-4-7-11(12)16-2/h6,9-12,16H,3-5,7-8H2,1-2H3. The topological polar surface area (TPSA) is 73.6 Å². The van der Waals surface area contributed by atoms with Gasteiger partial charge in [0.2, 0.25) is 11.5 Å². The Morgan fingerprint density at radius 2 is 2.05 bits per heavy atom. The van der Waals surface area contributed by atoms with Crippen LogP contribution in [0.5, 0.6) is 11.5 Å². The summed E-state index contributed by atoms with van der Waals surface area (Å²) in [6.07, 6.45) is 4.13. The quantitative estimate of drug-likeness (QED) is 0.645. The number of rotatable bonds is 6. The van der Waals surface area contributed by atoms with Gasteiger partial charge in [-0.2, -0.15) is 0 Å². The van der Waals surface area contributed by atoms with Gasteiger partial charge in [-0.3, -0.25) is 10.1 Å². The van der Waals surface area contributed by atoms with E-state index in [0.717, 1.165) is 25.7 Å². The van der Waals surface area contributed by atoms with Gasteiger partial charge in [-0.1, -0.05) is 12.5 Å². The minimum absolute atomic E-state index is 0.0423. The van der Waals surface area contributed by atoms with E-state index in [-0.39, 0.29) is 29.3 Å². The normalized spacial score (nSPS) is 21.8. The summed E-state index contributed by atoms with van der Waals surface area (Å²) in [6.45, 7) is 2.18. The lowest BCUT2D eigenvalue weighted by Gasteiger charge is -2.31. The van der Waals surface area contributed by atoms with Gasteiger partial charge in [-0.15, -0.1) is 0 Å². The molecule has 1 N–H and O–H groups in total. The smallest absolute Gasteiger partial charge is 0.352 e. The van der Waals surface area contributed by atoms with Crippen LogP contribution in [0.2, 0.25) is 0 Å². The molecule has 0 heterocycles. The fourth-order valence-electron chi connectivity index (χ4n) is 2.78. The summed E-state index contributed by atoms with van der Waals surface area (Å²) in [4.78, 5) is 10.9. The van der Waals surface area contributed by atoms with Gasteiger partial charge in [0.15, 0.2) is 0 Å². The molecule has 1 fully saturated rings. The third kappa shape index (κ3) is 3.64. The van der Waals surface area contributed by atoms with E-state index in [9.17, 15) is 10.1 Å². The number of hydrogen-bond acceptors (Lipinski definition) is 5. The largest absolute Gasteiger partial charge is 0.487 e. The number of nitrogens with one attached hydrogen (secondary N) is 1. The lowest BCUT2D eigenvalue weighted by molar-refractivity contribution is -0.387. The summed E-state index contributed by atoms with van der Waals surface area (Å²) in [5.74, 6) is 0.551. The lowest BCUT2D eigenvalue weighted by Crippen LogP contribution is -2.43. The zero-order chi connectivity index (χ0) is 15.2. The highest BCUT2D eigenvalue weighted by Crippen LogP contribution is 2.38. The minimum atomic E-state index is -0.433. The number of nitrogens with zero attached hydrogens (tertiary/aromatic N) is 1. The molecule has 2 unspecified atom stereocenters. The summed E-state index contributed by atoms with van der Waals surface area (Å²) in [5, 5.41) is 14.6. The zero-order valence-corrected chi connectivity index (χ0v) is 12.5. The maximum atomic E-state index is 11.3. The molecule has 0 radical (unpaired) electrons. The van der Waals surface area contributed by atoms with Crippen molar-refractivity contribution in [3.8, 4) is 11.5 Å². The van der Waals surface area contributed by atoms with E-state index in [2.05, 4.69) is 5.32 Å². The average molecular weight is 294 g/mol. The molecule has 2 rings (SSSR count). The second-order valence-corrected chi connectivity index (χ2v) is 5.13. The van der Waals surface area contributed by atoms with Crippen LogP contribution in [0.1, 0.15) is 32.6 Å². The predicted octanol–water partition coefficient (Wildman–Crippen LogP) is 2.90. The summed E-state index contributed by atoms with van der Waals surface area (Å²) >= 11 is 0. The second kappa shape index (κ2) is 7.26. The average Bonchev–Trinajstić information content (AvgIpc) is 2.48. The third-order valence-corrected chi connectivity index (χ3v) is 3.80. The van der Waals surface area contributed by atoms with Crippen molar-refractivity contribution in [2.45, 2.75) is 44.8 Å². The summed E-state index contributed by atoms with van der Waals surface area (Å²) in [6, 6.07) is 5.20. The zero-order valence-electron chi connectivity index (χ0n) is 12.5. The van der Waals surface area contributed by atoms with E-state index in [4.69, 9.17) is 9.47 Å². The molecule has 6 nitrogen and oxygen atoms in total. The van der Waals surface area contributed by atoms with Gasteiger partial charge >= 0.3 is 5.69 Å². The highest BCUT2D eigenvalue weighted by atomic mass is 16.6. The molecule has 1 saturated carbocycles. The molecule has 0 amide bonds. The maximum absolute atomic E-state index is 11.3. The maximum Gasteiger partial charge on any atom is 0.352 e. The van der Waals surface area contributed by atoms with Crippen molar-refractivity contribution in [3.05, 3.63) is 28.3 Å². The fourth-order valence-corrected chi connectivity index (χ4v) is 2.78. The number of benzene rings is 1.